The van der Waals surface area contributed by atoms with E-state index in [1.807, 2.05) is 0 Å². The second-order valence-corrected chi connectivity index (χ2v) is 2.60. The maximum Gasteiger partial charge on any atom is 0.160 e. The molecule has 3 atom stereocenters. The van der Waals surface area contributed by atoms with Crippen molar-refractivity contribution in [3.63, 3.8) is 0 Å². The molecular weight excluding hydrogens is 104 g/mol. The van der Waals surface area contributed by atoms with Crippen LogP contribution in [0.4, 0.5) is 0 Å². The molecule has 2 rings (SSSR count). The van der Waals surface area contributed by atoms with Gasteiger partial charge in [-0.15, -0.1) is 0 Å². The summed E-state index contributed by atoms with van der Waals surface area (Å²) >= 11 is 0. The minimum Gasteiger partial charge on any atom is -0.356 e. The van der Waals surface area contributed by atoms with Crippen molar-refractivity contribution < 1.29 is 9.47 Å². The molecular formula is C6H10O2. The fraction of sp³-hybridized carbons (Fsp3) is 1.00. The van der Waals surface area contributed by atoms with E-state index in [1.165, 1.54) is 6.42 Å². The molecule has 0 amide bonds. The van der Waals surface area contributed by atoms with Gasteiger partial charge in [-0.1, -0.05) is 0 Å². The number of fused-ring (bicyclic) bond motifs is 1. The van der Waals surface area contributed by atoms with Crippen molar-refractivity contribution in [2.24, 2.45) is 11.8 Å². The Morgan fingerprint density at radius 2 is 2.50 bits per heavy atom. The summed E-state index contributed by atoms with van der Waals surface area (Å²) in [5.74, 6) is 1.60. The summed E-state index contributed by atoms with van der Waals surface area (Å²) < 4.78 is 10.3. The van der Waals surface area contributed by atoms with Crippen LogP contribution in [0, 0.1) is 11.8 Å². The maximum atomic E-state index is 5.24. The summed E-state index contributed by atoms with van der Waals surface area (Å²) in [5, 5.41) is 0. The Kier molecular flexibility index (Phi) is 0.866. The number of rotatable bonds is 1. The van der Waals surface area contributed by atoms with Crippen LogP contribution >= 0.6 is 0 Å². The average molecular weight is 114 g/mol. The van der Waals surface area contributed by atoms with Crippen LogP contribution < -0.4 is 0 Å². The lowest BCUT2D eigenvalue weighted by molar-refractivity contribution is -0.109. The summed E-state index contributed by atoms with van der Waals surface area (Å²) in [5.41, 5.74) is 0. The summed E-state index contributed by atoms with van der Waals surface area (Å²) in [6.07, 6.45) is 1.47. The lowest BCUT2D eigenvalue weighted by atomic mass is 10.4. The molecule has 46 valence electrons. The zero-order valence-electron chi connectivity index (χ0n) is 4.96. The summed E-state index contributed by atoms with van der Waals surface area (Å²) in [6, 6.07) is 0. The van der Waals surface area contributed by atoms with Gasteiger partial charge in [-0.05, 0) is 12.3 Å². The Bertz CT molecular complexity index is 103. The van der Waals surface area contributed by atoms with Crippen LogP contribution in [0.25, 0.3) is 0 Å². The van der Waals surface area contributed by atoms with Gasteiger partial charge < -0.3 is 9.47 Å². The highest BCUT2D eigenvalue weighted by Gasteiger charge is 2.49. The van der Waals surface area contributed by atoms with Crippen molar-refractivity contribution in [3.8, 4) is 0 Å². The lowest BCUT2D eigenvalue weighted by Crippen LogP contribution is -2.11. The lowest BCUT2D eigenvalue weighted by Gasteiger charge is -2.07. The van der Waals surface area contributed by atoms with Crippen molar-refractivity contribution in [1.82, 2.24) is 0 Å². The topological polar surface area (TPSA) is 18.5 Å². The van der Waals surface area contributed by atoms with Gasteiger partial charge in [0.1, 0.15) is 0 Å². The first-order valence-electron chi connectivity index (χ1n) is 3.06. The van der Waals surface area contributed by atoms with Gasteiger partial charge in [0.25, 0.3) is 0 Å². The molecule has 2 fully saturated rings. The molecule has 0 spiro atoms. The van der Waals surface area contributed by atoms with Gasteiger partial charge in [0, 0.05) is 13.0 Å². The predicted molar refractivity (Wildman–Crippen MR) is 28.3 cm³/mol. The molecule has 1 saturated heterocycles. The Hall–Kier alpha value is -0.0800. The zero-order valence-corrected chi connectivity index (χ0v) is 4.96. The quantitative estimate of drug-likeness (QED) is 0.497. The normalized spacial score (nSPS) is 51.4. The molecule has 2 heteroatoms. The molecule has 0 N–H and O–H groups in total. The average Bonchev–Trinajstić information content (AvgIpc) is 2.46. The minimum atomic E-state index is 0.139. The van der Waals surface area contributed by atoms with E-state index in [2.05, 4.69) is 0 Å². The molecule has 8 heavy (non-hydrogen) atoms. The van der Waals surface area contributed by atoms with Gasteiger partial charge in [0.2, 0.25) is 0 Å². The highest BCUT2D eigenvalue weighted by molar-refractivity contribution is 4.93. The van der Waals surface area contributed by atoms with E-state index in [1.54, 1.807) is 7.11 Å². The van der Waals surface area contributed by atoms with Crippen molar-refractivity contribution in [1.29, 1.82) is 0 Å². The third kappa shape index (κ3) is 0.501. The fourth-order valence-corrected chi connectivity index (χ4v) is 1.38. The largest absolute Gasteiger partial charge is 0.356 e. The summed E-state index contributed by atoms with van der Waals surface area (Å²) in [4.78, 5) is 0. The first-order valence-corrected chi connectivity index (χ1v) is 3.06. The number of hydrogen-bond donors (Lipinski definition) is 0. The highest BCUT2D eigenvalue weighted by atomic mass is 16.7. The molecule has 3 unspecified atom stereocenters. The molecule has 0 radical (unpaired) electrons. The number of methoxy groups -OCH3 is 1. The van der Waals surface area contributed by atoms with E-state index in [4.69, 9.17) is 9.47 Å². The van der Waals surface area contributed by atoms with Crippen LogP contribution in [0.15, 0.2) is 0 Å². The molecule has 0 aromatic heterocycles. The van der Waals surface area contributed by atoms with Gasteiger partial charge in [-0.2, -0.15) is 0 Å². The van der Waals surface area contributed by atoms with Gasteiger partial charge >= 0.3 is 0 Å². The highest BCUT2D eigenvalue weighted by Crippen LogP contribution is 2.47. The zero-order chi connectivity index (χ0) is 5.56. The van der Waals surface area contributed by atoms with Crippen molar-refractivity contribution in [2.45, 2.75) is 12.7 Å². The van der Waals surface area contributed by atoms with Crippen LogP contribution in [0.3, 0.4) is 0 Å². The second-order valence-electron chi connectivity index (χ2n) is 2.60. The van der Waals surface area contributed by atoms with Gasteiger partial charge in [0.05, 0.1) is 6.61 Å². The SMILES string of the molecule is COC1OCC2CC21. The summed E-state index contributed by atoms with van der Waals surface area (Å²) in [7, 11) is 1.71. The van der Waals surface area contributed by atoms with E-state index in [-0.39, 0.29) is 6.29 Å². The Balaban J connectivity index is 1.97. The number of hydrogen-bond acceptors (Lipinski definition) is 2. The first-order chi connectivity index (χ1) is 3.92. The number of ether oxygens (including phenoxy) is 2. The van der Waals surface area contributed by atoms with Gasteiger partial charge in [-0.25, -0.2) is 0 Å². The molecule has 1 aliphatic carbocycles. The van der Waals surface area contributed by atoms with Crippen LogP contribution in [-0.2, 0) is 9.47 Å². The molecule has 0 bridgehead atoms. The van der Waals surface area contributed by atoms with E-state index in [0.29, 0.717) is 0 Å². The van der Waals surface area contributed by atoms with Gasteiger partial charge in [0.15, 0.2) is 6.29 Å². The van der Waals surface area contributed by atoms with Crippen molar-refractivity contribution in [3.05, 3.63) is 0 Å². The van der Waals surface area contributed by atoms with Crippen molar-refractivity contribution >= 4 is 0 Å². The molecule has 1 aliphatic heterocycles. The third-order valence-electron chi connectivity index (χ3n) is 2.03. The Morgan fingerprint density at radius 1 is 1.62 bits per heavy atom. The molecule has 0 aromatic rings. The standard InChI is InChI=1S/C6H10O2/c1-7-6-5-2-4(5)3-8-6/h4-6H,2-3H2,1H3. The summed E-state index contributed by atoms with van der Waals surface area (Å²) in [6.45, 7) is 0.934. The van der Waals surface area contributed by atoms with E-state index in [9.17, 15) is 0 Å². The predicted octanol–water partition coefficient (Wildman–Crippen LogP) is 0.625. The molecule has 2 aliphatic rings. The molecule has 0 aromatic carbocycles. The van der Waals surface area contributed by atoms with E-state index >= 15 is 0 Å². The second kappa shape index (κ2) is 1.45. The smallest absolute Gasteiger partial charge is 0.160 e. The fourth-order valence-electron chi connectivity index (χ4n) is 1.38. The Labute approximate surface area is 48.8 Å². The monoisotopic (exact) mass is 114 g/mol. The molecule has 1 heterocycles. The third-order valence-corrected chi connectivity index (χ3v) is 2.03. The first kappa shape index (κ1) is 4.77. The van der Waals surface area contributed by atoms with Crippen LogP contribution in [0.1, 0.15) is 6.42 Å². The van der Waals surface area contributed by atoms with Crippen LogP contribution in [-0.4, -0.2) is 20.0 Å². The van der Waals surface area contributed by atoms with Gasteiger partial charge in [-0.3, -0.25) is 0 Å². The van der Waals surface area contributed by atoms with Crippen molar-refractivity contribution in [2.75, 3.05) is 13.7 Å². The van der Waals surface area contributed by atoms with E-state index < -0.39 is 0 Å². The maximum absolute atomic E-state index is 5.24. The Morgan fingerprint density at radius 3 is 2.75 bits per heavy atom. The van der Waals surface area contributed by atoms with E-state index in [0.717, 1.165) is 18.4 Å². The molecule has 2 nitrogen and oxygen atoms in total. The molecule has 1 saturated carbocycles. The van der Waals surface area contributed by atoms with Crippen LogP contribution in [0.5, 0.6) is 0 Å². The minimum absolute atomic E-state index is 0.139. The van der Waals surface area contributed by atoms with Crippen LogP contribution in [0.2, 0.25) is 0 Å².